The van der Waals surface area contributed by atoms with Gasteiger partial charge in [-0.05, 0) is 89.2 Å². The molecule has 10 heteroatoms. The van der Waals surface area contributed by atoms with Gasteiger partial charge in [0.2, 0.25) is 0 Å². The van der Waals surface area contributed by atoms with Crippen LogP contribution in [0.25, 0.3) is 20.4 Å². The Balaban J connectivity index is 0.000000162. The lowest BCUT2D eigenvalue weighted by atomic mass is 10.1. The number of benzene rings is 2. The SMILES string of the molecule is CCOC(=O)c1cc2c(Cc3ccc(Cl)cc3)csc2[nH]1.O=C(O)c1cc2c(Cc3ccc(Cl)cc3)csc2[nH]1. The van der Waals surface area contributed by atoms with E-state index in [2.05, 4.69) is 20.7 Å². The van der Waals surface area contributed by atoms with E-state index in [1.807, 2.05) is 54.6 Å². The highest BCUT2D eigenvalue weighted by atomic mass is 35.5. The Morgan fingerprint density at radius 1 is 0.775 bits per heavy atom. The highest BCUT2D eigenvalue weighted by molar-refractivity contribution is 7.17. The second-order valence-electron chi connectivity index (χ2n) is 9.01. The topological polar surface area (TPSA) is 95.2 Å². The molecular formula is C30H24Cl2N2O4S2. The second kappa shape index (κ2) is 12.3. The number of nitrogens with one attached hydrogen (secondary N) is 2. The van der Waals surface area contributed by atoms with Crippen LogP contribution < -0.4 is 0 Å². The fraction of sp³-hybridized carbons (Fsp3) is 0.133. The molecular weight excluding hydrogens is 587 g/mol. The van der Waals surface area contributed by atoms with Crippen molar-refractivity contribution in [2.75, 3.05) is 6.61 Å². The summed E-state index contributed by atoms with van der Waals surface area (Å²) in [4.78, 5) is 30.6. The Labute approximate surface area is 248 Å². The Kier molecular flexibility index (Phi) is 8.61. The molecule has 0 aliphatic carbocycles. The lowest BCUT2D eigenvalue weighted by Crippen LogP contribution is -2.04. The lowest BCUT2D eigenvalue weighted by Gasteiger charge is -2.00. The van der Waals surface area contributed by atoms with Crippen LogP contribution in [0, 0.1) is 0 Å². The quantitative estimate of drug-likeness (QED) is 0.157. The van der Waals surface area contributed by atoms with Crippen LogP contribution in [0.5, 0.6) is 0 Å². The smallest absolute Gasteiger partial charge is 0.354 e. The molecule has 6 rings (SSSR count). The number of carbonyl (C=O) groups excluding carboxylic acids is 1. The summed E-state index contributed by atoms with van der Waals surface area (Å²) in [6.07, 6.45) is 1.59. The molecule has 2 aromatic carbocycles. The molecule has 0 saturated carbocycles. The van der Waals surface area contributed by atoms with Gasteiger partial charge in [-0.3, -0.25) is 0 Å². The molecule has 0 radical (unpaired) electrons. The molecule has 0 unspecified atom stereocenters. The van der Waals surface area contributed by atoms with E-state index in [-0.39, 0.29) is 11.7 Å². The minimum absolute atomic E-state index is 0.235. The average Bonchev–Trinajstić information content (AvgIpc) is 3.70. The highest BCUT2D eigenvalue weighted by Gasteiger charge is 2.15. The number of hydrogen-bond donors (Lipinski definition) is 3. The summed E-state index contributed by atoms with van der Waals surface area (Å²) in [5, 5.41) is 16.7. The molecule has 204 valence electrons. The van der Waals surface area contributed by atoms with Gasteiger partial charge in [-0.25, -0.2) is 9.59 Å². The standard InChI is InChI=1S/C16H14ClNO2S.C14H10ClNO2S/c1-2-20-16(19)14-8-13-11(9-21-15(13)18-14)7-10-3-5-12(17)6-4-10;15-10-3-1-8(2-4-10)5-9-7-19-13-11(9)6-12(16-13)14(17)18/h3-6,8-9,18H,2,7H2,1H3;1-4,6-7,16H,5H2,(H,17,18). The van der Waals surface area contributed by atoms with E-state index in [4.69, 9.17) is 33.0 Å². The number of aromatic carboxylic acids is 1. The number of fused-ring (bicyclic) bond motifs is 2. The maximum absolute atomic E-state index is 11.8. The maximum atomic E-state index is 11.8. The van der Waals surface area contributed by atoms with Crippen molar-refractivity contribution < 1.29 is 19.4 Å². The minimum atomic E-state index is -0.930. The van der Waals surface area contributed by atoms with Gasteiger partial charge in [-0.15, -0.1) is 22.7 Å². The molecule has 0 spiro atoms. The van der Waals surface area contributed by atoms with Gasteiger partial charge in [0.05, 0.1) is 6.61 Å². The summed E-state index contributed by atoms with van der Waals surface area (Å²) < 4.78 is 5.02. The zero-order valence-corrected chi connectivity index (χ0v) is 24.4. The van der Waals surface area contributed by atoms with Gasteiger partial charge >= 0.3 is 11.9 Å². The summed E-state index contributed by atoms with van der Waals surface area (Å²) in [5.41, 5.74) is 5.42. The molecule has 0 aliphatic rings. The van der Waals surface area contributed by atoms with Crippen LogP contribution in [0.3, 0.4) is 0 Å². The van der Waals surface area contributed by atoms with Crippen LogP contribution in [-0.2, 0) is 17.6 Å². The largest absolute Gasteiger partial charge is 0.477 e. The van der Waals surface area contributed by atoms with Crippen molar-refractivity contribution in [3.8, 4) is 0 Å². The monoisotopic (exact) mass is 610 g/mol. The third kappa shape index (κ3) is 6.42. The van der Waals surface area contributed by atoms with E-state index in [0.29, 0.717) is 17.3 Å². The number of rotatable bonds is 7. The minimum Gasteiger partial charge on any atom is -0.477 e. The number of halogens is 2. The van der Waals surface area contributed by atoms with Crippen molar-refractivity contribution in [3.05, 3.63) is 115 Å². The number of hydrogen-bond acceptors (Lipinski definition) is 5. The molecule has 0 saturated heterocycles. The van der Waals surface area contributed by atoms with E-state index < -0.39 is 5.97 Å². The lowest BCUT2D eigenvalue weighted by molar-refractivity contribution is 0.0520. The number of thiophene rings is 2. The van der Waals surface area contributed by atoms with Crippen molar-refractivity contribution in [2.45, 2.75) is 19.8 Å². The Bertz CT molecular complexity index is 1780. The number of aromatic amines is 2. The molecule has 4 aromatic heterocycles. The molecule has 0 bridgehead atoms. The molecule has 40 heavy (non-hydrogen) atoms. The fourth-order valence-electron chi connectivity index (χ4n) is 4.27. The molecule has 0 fully saturated rings. The van der Waals surface area contributed by atoms with Crippen molar-refractivity contribution in [1.82, 2.24) is 9.97 Å². The summed E-state index contributed by atoms with van der Waals surface area (Å²) >= 11 is 14.9. The summed E-state index contributed by atoms with van der Waals surface area (Å²) in [5.74, 6) is -1.24. The molecule has 6 aromatic rings. The van der Waals surface area contributed by atoms with Crippen LogP contribution in [-0.4, -0.2) is 33.6 Å². The van der Waals surface area contributed by atoms with E-state index in [1.165, 1.54) is 22.5 Å². The normalized spacial score (nSPS) is 11.0. The van der Waals surface area contributed by atoms with Crippen LogP contribution in [0.4, 0.5) is 0 Å². The summed E-state index contributed by atoms with van der Waals surface area (Å²) in [6.45, 7) is 2.18. The van der Waals surface area contributed by atoms with Gasteiger partial charge in [-0.1, -0.05) is 47.5 Å². The summed E-state index contributed by atoms with van der Waals surface area (Å²) in [6, 6.07) is 19.1. The van der Waals surface area contributed by atoms with Crippen LogP contribution in [0.1, 0.15) is 50.2 Å². The van der Waals surface area contributed by atoms with Gasteiger partial charge < -0.3 is 19.8 Å². The summed E-state index contributed by atoms with van der Waals surface area (Å²) in [7, 11) is 0. The predicted molar refractivity (Wildman–Crippen MR) is 164 cm³/mol. The van der Waals surface area contributed by atoms with Crippen LogP contribution >= 0.6 is 45.9 Å². The number of ether oxygens (including phenoxy) is 1. The van der Waals surface area contributed by atoms with E-state index >= 15 is 0 Å². The van der Waals surface area contributed by atoms with Gasteiger partial charge in [-0.2, -0.15) is 0 Å². The Hall–Kier alpha value is -3.56. The molecule has 0 atom stereocenters. The molecule has 6 nitrogen and oxygen atoms in total. The van der Waals surface area contributed by atoms with Crippen molar-refractivity contribution in [3.63, 3.8) is 0 Å². The first-order chi connectivity index (χ1) is 19.3. The molecule has 3 N–H and O–H groups in total. The third-order valence-electron chi connectivity index (χ3n) is 6.23. The predicted octanol–water partition coefficient (Wildman–Crippen LogP) is 8.82. The third-order valence-corrected chi connectivity index (χ3v) is 8.66. The van der Waals surface area contributed by atoms with Crippen LogP contribution in [0.2, 0.25) is 10.0 Å². The van der Waals surface area contributed by atoms with Gasteiger partial charge in [0.25, 0.3) is 0 Å². The van der Waals surface area contributed by atoms with Crippen LogP contribution in [0.15, 0.2) is 71.4 Å². The van der Waals surface area contributed by atoms with E-state index in [1.54, 1.807) is 24.3 Å². The van der Waals surface area contributed by atoms with Gasteiger partial charge in [0, 0.05) is 20.8 Å². The number of carboxylic acids is 1. The maximum Gasteiger partial charge on any atom is 0.354 e. The van der Waals surface area contributed by atoms with Crippen molar-refractivity contribution in [1.29, 1.82) is 0 Å². The average molecular weight is 612 g/mol. The molecule has 4 heterocycles. The first kappa shape index (κ1) is 28.0. The zero-order chi connectivity index (χ0) is 28.2. The highest BCUT2D eigenvalue weighted by Crippen LogP contribution is 2.30. The number of esters is 1. The number of H-pyrrole nitrogens is 2. The van der Waals surface area contributed by atoms with Gasteiger partial charge in [0.1, 0.15) is 21.0 Å². The first-order valence-electron chi connectivity index (χ1n) is 12.4. The number of carbonyl (C=O) groups is 2. The molecule has 0 amide bonds. The Morgan fingerprint density at radius 2 is 1.23 bits per heavy atom. The zero-order valence-electron chi connectivity index (χ0n) is 21.3. The molecule has 0 aliphatic heterocycles. The second-order valence-corrected chi connectivity index (χ2v) is 11.6. The van der Waals surface area contributed by atoms with E-state index in [0.717, 1.165) is 49.4 Å². The number of carboxylic acid groups (broad SMARTS) is 1. The van der Waals surface area contributed by atoms with Crippen molar-refractivity contribution >= 4 is 78.2 Å². The van der Waals surface area contributed by atoms with Crippen molar-refractivity contribution in [2.24, 2.45) is 0 Å². The number of aromatic nitrogens is 2. The first-order valence-corrected chi connectivity index (χ1v) is 14.9. The Morgan fingerprint density at radius 3 is 1.68 bits per heavy atom. The van der Waals surface area contributed by atoms with E-state index in [9.17, 15) is 9.59 Å². The van der Waals surface area contributed by atoms with Gasteiger partial charge in [0.15, 0.2) is 0 Å². The fourth-order valence-corrected chi connectivity index (χ4v) is 6.44.